The molecule has 1 aliphatic heterocycles. The average Bonchev–Trinajstić information content (AvgIpc) is 2.94. The molecule has 4 heteroatoms. The molecule has 4 nitrogen and oxygen atoms in total. The van der Waals surface area contributed by atoms with Crippen LogP contribution in [0.25, 0.3) is 11.0 Å². The van der Waals surface area contributed by atoms with Crippen molar-refractivity contribution >= 4 is 11.0 Å². The molecule has 2 aromatic carbocycles. The van der Waals surface area contributed by atoms with E-state index in [1.54, 1.807) is 0 Å². The van der Waals surface area contributed by atoms with Crippen LogP contribution < -0.4 is 4.74 Å². The maximum absolute atomic E-state index is 5.86. The molecule has 30 heavy (non-hydrogen) atoms. The topological polar surface area (TPSA) is 30.3 Å². The fraction of sp³-hybridized carbons (Fsp3) is 0.500. The van der Waals surface area contributed by atoms with Gasteiger partial charge >= 0.3 is 0 Å². The third-order valence-electron chi connectivity index (χ3n) is 6.10. The van der Waals surface area contributed by atoms with Crippen molar-refractivity contribution < 1.29 is 4.74 Å². The Morgan fingerprint density at radius 3 is 2.37 bits per heavy atom. The van der Waals surface area contributed by atoms with Gasteiger partial charge in [-0.25, -0.2) is 4.98 Å². The van der Waals surface area contributed by atoms with E-state index in [4.69, 9.17) is 9.72 Å². The molecule has 0 radical (unpaired) electrons. The van der Waals surface area contributed by atoms with Gasteiger partial charge in [0.15, 0.2) is 0 Å². The molecule has 0 bridgehead atoms. The molecule has 2 heterocycles. The monoisotopic (exact) mass is 405 g/mol. The van der Waals surface area contributed by atoms with Crippen LogP contribution in [0.5, 0.6) is 5.75 Å². The summed E-state index contributed by atoms with van der Waals surface area (Å²) in [6.07, 6.45) is 9.95. The Bertz CT molecular complexity index is 882. The summed E-state index contributed by atoms with van der Waals surface area (Å²) in [7, 11) is 0. The van der Waals surface area contributed by atoms with Crippen LogP contribution in [0.2, 0.25) is 0 Å². The summed E-state index contributed by atoms with van der Waals surface area (Å²) in [4.78, 5) is 7.63. The van der Waals surface area contributed by atoms with Crippen molar-refractivity contribution in [2.75, 3.05) is 26.2 Å². The Kier molecular flexibility index (Phi) is 7.79. The van der Waals surface area contributed by atoms with Crippen LogP contribution in [0, 0.1) is 0 Å². The van der Waals surface area contributed by atoms with Crippen molar-refractivity contribution in [2.24, 2.45) is 0 Å². The van der Waals surface area contributed by atoms with Crippen LogP contribution in [0.4, 0.5) is 0 Å². The molecule has 0 N–H and O–H groups in total. The summed E-state index contributed by atoms with van der Waals surface area (Å²) in [5.74, 6) is 2.20. The van der Waals surface area contributed by atoms with E-state index >= 15 is 0 Å². The smallest absolute Gasteiger partial charge is 0.119 e. The maximum atomic E-state index is 5.86. The summed E-state index contributed by atoms with van der Waals surface area (Å²) < 4.78 is 8.30. The highest BCUT2D eigenvalue weighted by Gasteiger charge is 2.12. The van der Waals surface area contributed by atoms with Crippen molar-refractivity contribution in [3.63, 3.8) is 0 Å². The molecule has 1 saturated heterocycles. The SMILES string of the molecule is c1ccc(OCCCCn2c(CCCN3CCCCCC3)nc3ccccc32)cc1. The second-order valence-electron chi connectivity index (χ2n) is 8.40. The Hall–Kier alpha value is -2.33. The van der Waals surface area contributed by atoms with Crippen LogP contribution in [0.15, 0.2) is 54.6 Å². The van der Waals surface area contributed by atoms with E-state index < -0.39 is 0 Å². The normalized spacial score (nSPS) is 15.3. The van der Waals surface area contributed by atoms with E-state index in [9.17, 15) is 0 Å². The number of unbranched alkanes of at least 4 members (excludes halogenated alkanes) is 1. The molecule has 0 atom stereocenters. The standard InChI is InChI=1S/C26H35N3O/c1-2-9-19-28(18-8-1)20-12-17-26-27-24-15-6-7-16-25(24)29(26)21-10-11-22-30-23-13-4-3-5-14-23/h3-7,13-16H,1-2,8-12,17-22H2. The van der Waals surface area contributed by atoms with Crippen molar-refractivity contribution in [3.8, 4) is 5.75 Å². The van der Waals surface area contributed by atoms with Gasteiger partial charge in [0, 0.05) is 13.0 Å². The Labute approximate surface area is 180 Å². The highest BCUT2D eigenvalue weighted by molar-refractivity contribution is 5.75. The van der Waals surface area contributed by atoms with Gasteiger partial charge in [0.1, 0.15) is 11.6 Å². The molecule has 1 aliphatic rings. The fourth-order valence-electron chi connectivity index (χ4n) is 4.47. The predicted molar refractivity (Wildman–Crippen MR) is 124 cm³/mol. The first-order chi connectivity index (χ1) is 14.9. The third-order valence-corrected chi connectivity index (χ3v) is 6.10. The van der Waals surface area contributed by atoms with Crippen LogP contribution in [-0.2, 0) is 13.0 Å². The molecule has 1 fully saturated rings. The second-order valence-corrected chi connectivity index (χ2v) is 8.40. The van der Waals surface area contributed by atoms with Crippen LogP contribution >= 0.6 is 0 Å². The first-order valence-electron chi connectivity index (χ1n) is 11.7. The number of imidazole rings is 1. The van der Waals surface area contributed by atoms with Crippen LogP contribution in [-0.4, -0.2) is 40.7 Å². The zero-order chi connectivity index (χ0) is 20.4. The van der Waals surface area contributed by atoms with Crippen molar-refractivity contribution in [1.29, 1.82) is 0 Å². The summed E-state index contributed by atoms with van der Waals surface area (Å²) >= 11 is 0. The molecule has 3 aromatic rings. The number of ether oxygens (including phenoxy) is 1. The van der Waals surface area contributed by atoms with Crippen molar-refractivity contribution in [3.05, 3.63) is 60.4 Å². The first kappa shape index (κ1) is 20.9. The van der Waals surface area contributed by atoms with Gasteiger partial charge in [0.05, 0.1) is 17.6 Å². The highest BCUT2D eigenvalue weighted by Crippen LogP contribution is 2.19. The number of hydrogen-bond acceptors (Lipinski definition) is 3. The Morgan fingerprint density at radius 2 is 1.53 bits per heavy atom. The van der Waals surface area contributed by atoms with Crippen LogP contribution in [0.3, 0.4) is 0 Å². The van der Waals surface area contributed by atoms with Gasteiger partial charge in [-0.3, -0.25) is 0 Å². The molecular formula is C26H35N3O. The number of para-hydroxylation sites is 3. The minimum atomic E-state index is 0.765. The lowest BCUT2D eigenvalue weighted by molar-refractivity contribution is 0.280. The van der Waals surface area contributed by atoms with E-state index in [1.165, 1.54) is 63.1 Å². The highest BCUT2D eigenvalue weighted by atomic mass is 16.5. The first-order valence-corrected chi connectivity index (χ1v) is 11.7. The minimum absolute atomic E-state index is 0.765. The van der Waals surface area contributed by atoms with Crippen LogP contribution in [0.1, 0.15) is 50.8 Å². The number of nitrogens with zero attached hydrogens (tertiary/aromatic N) is 3. The molecule has 0 aliphatic carbocycles. The number of hydrogen-bond donors (Lipinski definition) is 0. The van der Waals surface area contributed by atoms with E-state index in [2.05, 4.69) is 33.7 Å². The van der Waals surface area contributed by atoms with Gasteiger partial charge in [-0.2, -0.15) is 0 Å². The zero-order valence-electron chi connectivity index (χ0n) is 18.1. The molecule has 0 spiro atoms. The molecular weight excluding hydrogens is 370 g/mol. The number of rotatable bonds is 10. The lowest BCUT2D eigenvalue weighted by Crippen LogP contribution is -2.26. The summed E-state index contributed by atoms with van der Waals surface area (Å²) in [6.45, 7) is 5.53. The number of likely N-dealkylation sites (tertiary alicyclic amines) is 1. The molecule has 0 unspecified atom stereocenters. The van der Waals surface area contributed by atoms with Crippen molar-refractivity contribution in [2.45, 2.75) is 57.9 Å². The minimum Gasteiger partial charge on any atom is -0.494 e. The Morgan fingerprint density at radius 1 is 0.767 bits per heavy atom. The molecule has 0 amide bonds. The fourth-order valence-corrected chi connectivity index (χ4v) is 4.47. The number of aromatic nitrogens is 2. The number of benzene rings is 2. The predicted octanol–water partition coefficient (Wildman–Crippen LogP) is 5.70. The second kappa shape index (κ2) is 11.2. The van der Waals surface area contributed by atoms with E-state index in [0.29, 0.717) is 0 Å². The van der Waals surface area contributed by atoms with Gasteiger partial charge < -0.3 is 14.2 Å². The van der Waals surface area contributed by atoms with E-state index in [1.807, 2.05) is 30.3 Å². The van der Waals surface area contributed by atoms with E-state index in [-0.39, 0.29) is 0 Å². The molecule has 4 rings (SSSR count). The molecule has 160 valence electrons. The summed E-state index contributed by atoms with van der Waals surface area (Å²) in [6, 6.07) is 18.7. The summed E-state index contributed by atoms with van der Waals surface area (Å²) in [5, 5.41) is 0. The molecule has 0 saturated carbocycles. The van der Waals surface area contributed by atoms with Crippen molar-refractivity contribution in [1.82, 2.24) is 14.5 Å². The van der Waals surface area contributed by atoms with Gasteiger partial charge in [-0.05, 0) is 76.0 Å². The number of aryl methyl sites for hydroxylation is 2. The average molecular weight is 406 g/mol. The largest absolute Gasteiger partial charge is 0.494 e. The zero-order valence-corrected chi connectivity index (χ0v) is 18.1. The van der Waals surface area contributed by atoms with E-state index in [0.717, 1.165) is 43.7 Å². The van der Waals surface area contributed by atoms with Gasteiger partial charge in [-0.15, -0.1) is 0 Å². The third kappa shape index (κ3) is 5.85. The van der Waals surface area contributed by atoms with Gasteiger partial charge in [-0.1, -0.05) is 43.2 Å². The quantitative estimate of drug-likeness (QED) is 0.405. The summed E-state index contributed by atoms with van der Waals surface area (Å²) in [5.41, 5.74) is 2.40. The van der Waals surface area contributed by atoms with Gasteiger partial charge in [0.25, 0.3) is 0 Å². The lowest BCUT2D eigenvalue weighted by atomic mass is 10.2. The Balaban J connectivity index is 1.30. The van der Waals surface area contributed by atoms with Gasteiger partial charge in [0.2, 0.25) is 0 Å². The number of fused-ring (bicyclic) bond motifs is 1. The maximum Gasteiger partial charge on any atom is 0.119 e. The molecule has 1 aromatic heterocycles. The lowest BCUT2D eigenvalue weighted by Gasteiger charge is -2.19.